The topological polar surface area (TPSA) is 77.0 Å². The van der Waals surface area contributed by atoms with Gasteiger partial charge in [0.1, 0.15) is 0 Å². The third kappa shape index (κ3) is 1.74. The van der Waals surface area contributed by atoms with Gasteiger partial charge in [-0.25, -0.2) is 0 Å². The number of rotatable bonds is 3. The quantitative estimate of drug-likeness (QED) is 0.732. The molecule has 13 heavy (non-hydrogen) atoms. The molecule has 5 heteroatoms. The minimum Gasteiger partial charge on any atom is -0.390 e. The van der Waals surface area contributed by atoms with Crippen molar-refractivity contribution in [2.75, 3.05) is 17.6 Å². The lowest BCUT2D eigenvalue weighted by molar-refractivity contribution is 0.553. The molecular weight excluding hydrogens is 168 g/mol. The monoisotopic (exact) mass is 182 g/mol. The number of hydrogen-bond donors (Lipinski definition) is 2. The Morgan fingerprint density at radius 2 is 2.31 bits per heavy atom. The van der Waals surface area contributed by atoms with Crippen molar-refractivity contribution in [1.29, 1.82) is 0 Å². The summed E-state index contributed by atoms with van der Waals surface area (Å²) >= 11 is 0. The molecule has 0 spiro atoms. The Morgan fingerprint density at radius 3 is 2.77 bits per heavy atom. The van der Waals surface area contributed by atoms with Crippen molar-refractivity contribution in [3.05, 3.63) is 0 Å². The van der Waals surface area contributed by atoms with Crippen molar-refractivity contribution < 1.29 is 4.42 Å². The van der Waals surface area contributed by atoms with Crippen molar-refractivity contribution in [3.8, 4) is 0 Å². The first-order valence-electron chi connectivity index (χ1n) is 4.41. The van der Waals surface area contributed by atoms with Crippen LogP contribution in [0.25, 0.3) is 0 Å². The Balaban J connectivity index is 1.81. The zero-order valence-electron chi connectivity index (χ0n) is 7.87. The standard InChI is InChI=1S/C8H14N4O/c1-8(2)3-5(8)4-10-7-12-11-6(9)13-7/h5H,3-4H2,1-2H3,(H2,9,11)(H,10,12). The first-order chi connectivity index (χ1) is 6.08. The molecule has 1 aliphatic carbocycles. The van der Waals surface area contributed by atoms with Crippen LogP contribution in [0.15, 0.2) is 4.42 Å². The first kappa shape index (κ1) is 8.34. The van der Waals surface area contributed by atoms with E-state index in [0.29, 0.717) is 17.3 Å². The first-order valence-corrected chi connectivity index (χ1v) is 4.41. The summed E-state index contributed by atoms with van der Waals surface area (Å²) in [6.07, 6.45) is 1.25. The highest BCUT2D eigenvalue weighted by Gasteiger charge is 2.45. The fourth-order valence-electron chi connectivity index (χ4n) is 1.44. The lowest BCUT2D eigenvalue weighted by Gasteiger charge is -2.02. The number of nitrogens with two attached hydrogens (primary N) is 1. The maximum atomic E-state index is 5.27. The molecule has 1 aromatic heterocycles. The van der Waals surface area contributed by atoms with Crippen LogP contribution in [-0.2, 0) is 0 Å². The molecule has 2 rings (SSSR count). The van der Waals surface area contributed by atoms with E-state index in [-0.39, 0.29) is 6.01 Å². The van der Waals surface area contributed by atoms with Gasteiger partial charge < -0.3 is 15.5 Å². The molecule has 1 aliphatic rings. The predicted octanol–water partition coefficient (Wildman–Crippen LogP) is 1.11. The van der Waals surface area contributed by atoms with Crippen LogP contribution in [0.4, 0.5) is 12.0 Å². The number of nitrogen functional groups attached to an aromatic ring is 1. The molecule has 72 valence electrons. The van der Waals surface area contributed by atoms with Gasteiger partial charge in [0.15, 0.2) is 0 Å². The summed E-state index contributed by atoms with van der Waals surface area (Å²) in [5, 5.41) is 10.3. The summed E-state index contributed by atoms with van der Waals surface area (Å²) in [4.78, 5) is 0. The molecule has 0 bridgehead atoms. The van der Waals surface area contributed by atoms with Gasteiger partial charge in [0.05, 0.1) is 0 Å². The average molecular weight is 182 g/mol. The lowest BCUT2D eigenvalue weighted by atomic mass is 10.1. The van der Waals surface area contributed by atoms with E-state index >= 15 is 0 Å². The van der Waals surface area contributed by atoms with E-state index in [1.165, 1.54) is 6.42 Å². The van der Waals surface area contributed by atoms with Gasteiger partial charge in [0.25, 0.3) is 0 Å². The number of nitrogens with zero attached hydrogens (tertiary/aromatic N) is 2. The molecule has 5 nitrogen and oxygen atoms in total. The Bertz CT molecular complexity index is 307. The van der Waals surface area contributed by atoms with Gasteiger partial charge in [-0.1, -0.05) is 24.0 Å². The lowest BCUT2D eigenvalue weighted by Crippen LogP contribution is -2.07. The molecule has 1 heterocycles. The molecule has 1 saturated carbocycles. The molecule has 1 unspecified atom stereocenters. The van der Waals surface area contributed by atoms with Gasteiger partial charge in [-0.15, -0.1) is 0 Å². The van der Waals surface area contributed by atoms with E-state index in [0.717, 1.165) is 6.54 Å². The van der Waals surface area contributed by atoms with Gasteiger partial charge in [-0.05, 0) is 17.8 Å². The molecule has 3 N–H and O–H groups in total. The van der Waals surface area contributed by atoms with Crippen molar-refractivity contribution >= 4 is 12.0 Å². The fraction of sp³-hybridized carbons (Fsp3) is 0.750. The maximum Gasteiger partial charge on any atom is 0.316 e. The zero-order valence-corrected chi connectivity index (χ0v) is 7.87. The van der Waals surface area contributed by atoms with Crippen LogP contribution < -0.4 is 11.1 Å². The summed E-state index contributed by atoms with van der Waals surface area (Å²) in [6.45, 7) is 5.39. The van der Waals surface area contributed by atoms with Gasteiger partial charge in [0, 0.05) is 6.54 Å². The highest BCUT2D eigenvalue weighted by Crippen LogP contribution is 2.51. The molecule has 1 aromatic rings. The van der Waals surface area contributed by atoms with Crippen LogP contribution in [0.3, 0.4) is 0 Å². The highest BCUT2D eigenvalue weighted by molar-refractivity contribution is 5.23. The molecular formula is C8H14N4O. The van der Waals surface area contributed by atoms with Crippen molar-refractivity contribution in [2.24, 2.45) is 11.3 Å². The Hall–Kier alpha value is -1.26. The van der Waals surface area contributed by atoms with Crippen molar-refractivity contribution in [2.45, 2.75) is 20.3 Å². The van der Waals surface area contributed by atoms with Crippen LogP contribution in [0, 0.1) is 11.3 Å². The van der Waals surface area contributed by atoms with Crippen LogP contribution in [0.1, 0.15) is 20.3 Å². The van der Waals surface area contributed by atoms with Gasteiger partial charge >= 0.3 is 12.0 Å². The minimum atomic E-state index is 0.109. The average Bonchev–Trinajstić information content (AvgIpc) is 2.45. The van der Waals surface area contributed by atoms with E-state index in [2.05, 4.69) is 29.4 Å². The molecule has 1 atom stereocenters. The normalized spacial score (nSPS) is 24.3. The van der Waals surface area contributed by atoms with E-state index in [1.54, 1.807) is 0 Å². The fourth-order valence-corrected chi connectivity index (χ4v) is 1.44. The molecule has 0 aromatic carbocycles. The Labute approximate surface area is 76.7 Å². The van der Waals surface area contributed by atoms with Crippen LogP contribution >= 0.6 is 0 Å². The second-order valence-electron chi connectivity index (χ2n) is 4.22. The summed E-state index contributed by atoms with van der Waals surface area (Å²) < 4.78 is 4.97. The summed E-state index contributed by atoms with van der Waals surface area (Å²) in [5.74, 6) is 0.709. The molecule has 0 aliphatic heterocycles. The van der Waals surface area contributed by atoms with E-state index < -0.39 is 0 Å². The molecule has 0 saturated heterocycles. The SMILES string of the molecule is CC1(C)CC1CNc1nnc(N)o1. The van der Waals surface area contributed by atoms with Gasteiger partial charge in [-0.3, -0.25) is 0 Å². The third-order valence-corrected chi connectivity index (χ3v) is 2.66. The molecule has 1 fully saturated rings. The smallest absolute Gasteiger partial charge is 0.316 e. The van der Waals surface area contributed by atoms with Gasteiger partial charge in [0.2, 0.25) is 0 Å². The number of aromatic nitrogens is 2. The summed E-state index contributed by atoms with van der Waals surface area (Å²) in [7, 11) is 0. The highest BCUT2D eigenvalue weighted by atomic mass is 16.4. The second-order valence-corrected chi connectivity index (χ2v) is 4.22. The van der Waals surface area contributed by atoms with Crippen LogP contribution in [-0.4, -0.2) is 16.7 Å². The Kier molecular flexibility index (Phi) is 1.68. The van der Waals surface area contributed by atoms with Crippen LogP contribution in [0.2, 0.25) is 0 Å². The van der Waals surface area contributed by atoms with Crippen LogP contribution in [0.5, 0.6) is 0 Å². The largest absolute Gasteiger partial charge is 0.390 e. The summed E-state index contributed by atoms with van der Waals surface area (Å²) in [6, 6.07) is 0.526. The van der Waals surface area contributed by atoms with E-state index in [1.807, 2.05) is 0 Å². The number of hydrogen-bond acceptors (Lipinski definition) is 5. The number of nitrogens with one attached hydrogen (secondary N) is 1. The maximum absolute atomic E-state index is 5.27. The van der Waals surface area contributed by atoms with E-state index in [4.69, 9.17) is 10.2 Å². The third-order valence-electron chi connectivity index (χ3n) is 2.66. The van der Waals surface area contributed by atoms with Gasteiger partial charge in [-0.2, -0.15) is 0 Å². The van der Waals surface area contributed by atoms with Crippen molar-refractivity contribution in [3.63, 3.8) is 0 Å². The van der Waals surface area contributed by atoms with E-state index in [9.17, 15) is 0 Å². The Morgan fingerprint density at radius 1 is 1.62 bits per heavy atom. The molecule has 0 radical (unpaired) electrons. The predicted molar refractivity (Wildman–Crippen MR) is 49.1 cm³/mol. The summed E-state index contributed by atoms with van der Waals surface area (Å²) in [5.41, 5.74) is 5.74. The molecule has 0 amide bonds. The zero-order chi connectivity index (χ0) is 9.47. The second kappa shape index (κ2) is 2.61. The minimum absolute atomic E-state index is 0.109. The number of anilines is 2. The van der Waals surface area contributed by atoms with Crippen molar-refractivity contribution in [1.82, 2.24) is 10.2 Å².